The standard InChI is InChI=1S/C29H38F2O/c1-2-3-4-5-6-21-7-8-27-20-26(14-13-25(27)19-21)24-11-9-22(10-12-24)23-15-17-28(18-16-23)32-29(30)31/h9-12,15-18,21,25-27,29H,2-8,13-14,19-20H2,1H3/t21?,25-,26-,27-/m1/s1. The maximum Gasteiger partial charge on any atom is 0.387 e. The molecule has 1 unspecified atom stereocenters. The second kappa shape index (κ2) is 11.3. The molecule has 2 aliphatic carbocycles. The van der Waals surface area contributed by atoms with Crippen LogP contribution in [0.4, 0.5) is 8.78 Å². The number of hydrogen-bond donors (Lipinski definition) is 0. The molecule has 0 heterocycles. The van der Waals surface area contributed by atoms with Crippen molar-refractivity contribution in [2.24, 2.45) is 17.8 Å². The highest BCUT2D eigenvalue weighted by molar-refractivity contribution is 5.64. The van der Waals surface area contributed by atoms with Crippen LogP contribution in [0.2, 0.25) is 0 Å². The number of alkyl halides is 2. The number of fused-ring (bicyclic) bond motifs is 1. The second-order valence-electron chi connectivity index (χ2n) is 10.1. The molecule has 0 spiro atoms. The highest BCUT2D eigenvalue weighted by atomic mass is 19.3. The topological polar surface area (TPSA) is 9.23 Å². The maximum atomic E-state index is 12.3. The molecule has 0 aliphatic heterocycles. The Hall–Kier alpha value is -1.90. The Kier molecular flexibility index (Phi) is 8.21. The predicted molar refractivity (Wildman–Crippen MR) is 128 cm³/mol. The molecule has 2 aromatic rings. The van der Waals surface area contributed by atoms with E-state index in [4.69, 9.17) is 0 Å². The highest BCUT2D eigenvalue weighted by Gasteiger charge is 2.35. The summed E-state index contributed by atoms with van der Waals surface area (Å²) in [5.41, 5.74) is 3.61. The molecular weight excluding hydrogens is 402 g/mol. The van der Waals surface area contributed by atoms with Crippen molar-refractivity contribution in [3.63, 3.8) is 0 Å². The molecule has 2 aliphatic rings. The van der Waals surface area contributed by atoms with Crippen LogP contribution in [0, 0.1) is 17.8 Å². The van der Waals surface area contributed by atoms with Gasteiger partial charge in [-0.25, -0.2) is 0 Å². The molecule has 2 saturated carbocycles. The molecule has 3 heteroatoms. The van der Waals surface area contributed by atoms with E-state index >= 15 is 0 Å². The van der Waals surface area contributed by atoms with Crippen molar-refractivity contribution in [1.82, 2.24) is 0 Å². The van der Waals surface area contributed by atoms with E-state index in [9.17, 15) is 8.78 Å². The lowest BCUT2D eigenvalue weighted by Crippen LogP contribution is -2.30. The van der Waals surface area contributed by atoms with E-state index < -0.39 is 6.61 Å². The van der Waals surface area contributed by atoms with E-state index in [1.807, 2.05) is 12.1 Å². The Balaban J connectivity index is 1.29. The summed E-state index contributed by atoms with van der Waals surface area (Å²) in [7, 11) is 0. The van der Waals surface area contributed by atoms with Crippen molar-refractivity contribution in [2.75, 3.05) is 0 Å². The maximum absolute atomic E-state index is 12.3. The van der Waals surface area contributed by atoms with Gasteiger partial charge in [0.15, 0.2) is 0 Å². The van der Waals surface area contributed by atoms with Crippen LogP contribution in [0.15, 0.2) is 48.5 Å². The number of rotatable bonds is 9. The zero-order chi connectivity index (χ0) is 22.3. The summed E-state index contributed by atoms with van der Waals surface area (Å²) >= 11 is 0. The van der Waals surface area contributed by atoms with Crippen molar-refractivity contribution in [1.29, 1.82) is 0 Å². The van der Waals surface area contributed by atoms with Crippen LogP contribution in [-0.2, 0) is 0 Å². The molecule has 0 amide bonds. The first-order valence-corrected chi connectivity index (χ1v) is 12.8. The average Bonchev–Trinajstić information content (AvgIpc) is 2.82. The SMILES string of the molecule is CCCCCCC1CC[C@@H]2C[C@H](c3ccc(-c4ccc(OC(F)F)cc4)cc3)CC[C@@H]2C1. The van der Waals surface area contributed by atoms with Gasteiger partial charge in [-0.3, -0.25) is 0 Å². The Labute approximate surface area is 192 Å². The number of unbranched alkanes of at least 4 members (excludes halogenated alkanes) is 3. The molecule has 0 radical (unpaired) electrons. The Bertz CT molecular complexity index is 814. The fourth-order valence-electron chi connectivity index (χ4n) is 6.19. The summed E-state index contributed by atoms with van der Waals surface area (Å²) in [6.45, 7) is -0.487. The van der Waals surface area contributed by atoms with Crippen LogP contribution in [-0.4, -0.2) is 6.61 Å². The Morgan fingerprint density at radius 2 is 1.44 bits per heavy atom. The molecule has 2 aromatic carbocycles. The molecule has 32 heavy (non-hydrogen) atoms. The van der Waals surface area contributed by atoms with Gasteiger partial charge in [-0.15, -0.1) is 0 Å². The molecule has 0 N–H and O–H groups in total. The number of benzene rings is 2. The second-order valence-corrected chi connectivity index (χ2v) is 10.1. The first-order chi connectivity index (χ1) is 15.6. The minimum atomic E-state index is -2.78. The largest absolute Gasteiger partial charge is 0.435 e. The summed E-state index contributed by atoms with van der Waals surface area (Å²) in [5, 5.41) is 0. The Morgan fingerprint density at radius 3 is 2.12 bits per heavy atom. The lowest BCUT2D eigenvalue weighted by atomic mass is 9.63. The molecule has 4 atom stereocenters. The van der Waals surface area contributed by atoms with Gasteiger partial charge in [0.25, 0.3) is 0 Å². The molecule has 4 rings (SSSR count). The van der Waals surface area contributed by atoms with E-state index in [0.29, 0.717) is 5.92 Å². The minimum Gasteiger partial charge on any atom is -0.435 e. The van der Waals surface area contributed by atoms with Gasteiger partial charge in [-0.05, 0) is 84.6 Å². The van der Waals surface area contributed by atoms with Gasteiger partial charge >= 0.3 is 6.61 Å². The first-order valence-electron chi connectivity index (χ1n) is 12.8. The lowest BCUT2D eigenvalue weighted by molar-refractivity contribution is -0.0498. The predicted octanol–water partition coefficient (Wildman–Crippen LogP) is 9.23. The van der Waals surface area contributed by atoms with Crippen LogP contribution >= 0.6 is 0 Å². The van der Waals surface area contributed by atoms with Crippen molar-refractivity contribution in [3.8, 4) is 16.9 Å². The van der Waals surface area contributed by atoms with E-state index in [-0.39, 0.29) is 5.75 Å². The van der Waals surface area contributed by atoms with Crippen molar-refractivity contribution >= 4 is 0 Å². The van der Waals surface area contributed by atoms with Gasteiger partial charge in [-0.2, -0.15) is 8.78 Å². The lowest BCUT2D eigenvalue weighted by Gasteiger charge is -2.42. The van der Waals surface area contributed by atoms with Crippen LogP contribution in [0.1, 0.15) is 89.0 Å². The number of halogens is 2. The Morgan fingerprint density at radius 1 is 0.781 bits per heavy atom. The summed E-state index contributed by atoms with van der Waals surface area (Å²) in [4.78, 5) is 0. The summed E-state index contributed by atoms with van der Waals surface area (Å²) < 4.78 is 29.1. The fourth-order valence-corrected chi connectivity index (χ4v) is 6.19. The molecule has 174 valence electrons. The van der Waals surface area contributed by atoms with Gasteiger partial charge in [0.2, 0.25) is 0 Å². The van der Waals surface area contributed by atoms with E-state index in [1.165, 1.54) is 76.2 Å². The average molecular weight is 441 g/mol. The molecule has 2 fully saturated rings. The third-order valence-corrected chi connectivity index (χ3v) is 7.98. The van der Waals surface area contributed by atoms with Gasteiger partial charge < -0.3 is 4.74 Å². The molecular formula is C29H38F2O. The highest BCUT2D eigenvalue weighted by Crippen LogP contribution is 2.48. The zero-order valence-corrected chi connectivity index (χ0v) is 19.4. The summed E-state index contributed by atoms with van der Waals surface area (Å²) in [5.74, 6) is 3.76. The third kappa shape index (κ3) is 6.11. The van der Waals surface area contributed by atoms with Crippen molar-refractivity contribution < 1.29 is 13.5 Å². The molecule has 0 bridgehead atoms. The van der Waals surface area contributed by atoms with Gasteiger partial charge in [0.05, 0.1) is 0 Å². The van der Waals surface area contributed by atoms with Gasteiger partial charge in [0.1, 0.15) is 5.75 Å². The van der Waals surface area contributed by atoms with Crippen LogP contribution in [0.3, 0.4) is 0 Å². The quantitative estimate of drug-likeness (QED) is 0.353. The van der Waals surface area contributed by atoms with E-state index in [1.54, 1.807) is 12.1 Å². The summed E-state index contributed by atoms with van der Waals surface area (Å²) in [6, 6.07) is 15.8. The third-order valence-electron chi connectivity index (χ3n) is 7.98. The van der Waals surface area contributed by atoms with Crippen LogP contribution in [0.25, 0.3) is 11.1 Å². The van der Waals surface area contributed by atoms with Gasteiger partial charge in [-0.1, -0.05) is 81.8 Å². The summed E-state index contributed by atoms with van der Waals surface area (Å²) in [6.07, 6.45) is 15.5. The first kappa shape index (κ1) is 23.3. The number of ether oxygens (including phenoxy) is 1. The van der Waals surface area contributed by atoms with Gasteiger partial charge in [0, 0.05) is 0 Å². The van der Waals surface area contributed by atoms with E-state index in [0.717, 1.165) is 28.9 Å². The smallest absolute Gasteiger partial charge is 0.387 e. The fraction of sp³-hybridized carbons (Fsp3) is 0.586. The van der Waals surface area contributed by atoms with E-state index in [2.05, 4.69) is 35.9 Å². The van der Waals surface area contributed by atoms with Crippen molar-refractivity contribution in [2.45, 2.75) is 90.1 Å². The van der Waals surface area contributed by atoms with Crippen LogP contribution < -0.4 is 4.74 Å². The monoisotopic (exact) mass is 440 g/mol. The minimum absolute atomic E-state index is 0.202. The molecule has 0 saturated heterocycles. The number of hydrogen-bond acceptors (Lipinski definition) is 1. The zero-order valence-electron chi connectivity index (χ0n) is 19.4. The van der Waals surface area contributed by atoms with Crippen LogP contribution in [0.5, 0.6) is 5.75 Å². The molecule has 0 aromatic heterocycles. The van der Waals surface area contributed by atoms with Crippen molar-refractivity contribution in [3.05, 3.63) is 54.1 Å². The normalized spacial score (nSPS) is 25.5. The molecule has 1 nitrogen and oxygen atoms in total.